The monoisotopic (exact) mass is 1210 g/mol. The minimum Gasteiger partial charge on any atom is -0.486 e. The number of pyridine rings is 2. The van der Waals surface area contributed by atoms with Gasteiger partial charge < -0.3 is 61.9 Å². The third kappa shape index (κ3) is 17.8. The first-order chi connectivity index (χ1) is 42.1. The van der Waals surface area contributed by atoms with Crippen LogP contribution in [0.25, 0.3) is 21.8 Å². The van der Waals surface area contributed by atoms with E-state index in [4.69, 9.17) is 42.7 Å². The fourth-order valence-corrected chi connectivity index (χ4v) is 11.5. The van der Waals surface area contributed by atoms with Crippen molar-refractivity contribution >= 4 is 46.1 Å². The lowest BCUT2D eigenvalue weighted by atomic mass is 10.0. The molecule has 20 nitrogen and oxygen atoms in total. The summed E-state index contributed by atoms with van der Waals surface area (Å²) >= 11 is 0. The summed E-state index contributed by atoms with van der Waals surface area (Å²) in [6.45, 7) is 26.4. The Kier molecular flexibility index (Phi) is 22.5. The first-order valence-electron chi connectivity index (χ1n) is 30.7. The molecule has 0 unspecified atom stereocenters. The van der Waals surface area contributed by atoms with Gasteiger partial charge in [-0.25, -0.2) is 14.4 Å². The number of likely N-dealkylation sites (tertiary alicyclic amines) is 2. The van der Waals surface area contributed by atoms with E-state index < -0.39 is 11.2 Å². The molecule has 0 N–H and O–H groups in total. The number of hydrogen-bond donors (Lipinski definition) is 0. The number of hydrogen-bond acceptors (Lipinski definition) is 16. The maximum absolute atomic E-state index is 13.4. The highest BCUT2D eigenvalue weighted by molar-refractivity contribution is 5.95. The molecule has 2 amide bonds. The Bertz CT molecular complexity index is 3540. The number of esters is 1. The van der Waals surface area contributed by atoms with Gasteiger partial charge in [0.2, 0.25) is 0 Å². The number of aromatic nitrogens is 2. The van der Waals surface area contributed by atoms with Crippen LogP contribution in [-0.4, -0.2) is 149 Å². The number of aryl methyl sites for hydroxylation is 2. The summed E-state index contributed by atoms with van der Waals surface area (Å²) in [6.07, 6.45) is 4.62. The molecule has 6 heterocycles. The SMILES string of the molecule is CCCCOC(=O)c1ccc2c(C)cc(=O)n(CCN3CCC(N(Cc4ccc5c(c4)OCCO5)C(=O)OC(C)(C)C)CC3)c2c1.Cc1cc(=O)n(CCN2CCC(N(Cc3ccc4c(c3)OCCO4)C(=O)OC(C)(C)C)CC2)c2ccccc12.O=C=O. The minimum absolute atomic E-state index is 0.00325. The highest BCUT2D eigenvalue weighted by Gasteiger charge is 2.34. The van der Waals surface area contributed by atoms with E-state index in [0.29, 0.717) is 77.1 Å². The molecule has 472 valence electrons. The lowest BCUT2D eigenvalue weighted by molar-refractivity contribution is -0.191. The highest BCUT2D eigenvalue weighted by Crippen LogP contribution is 2.34. The first-order valence-corrected chi connectivity index (χ1v) is 30.7. The molecule has 6 aromatic rings. The third-order valence-electron chi connectivity index (χ3n) is 16.0. The topological polar surface area (TPSA) is 207 Å². The Hall–Kier alpha value is -8.19. The van der Waals surface area contributed by atoms with E-state index in [9.17, 15) is 24.0 Å². The number of ether oxygens (including phenoxy) is 7. The van der Waals surface area contributed by atoms with Gasteiger partial charge in [-0.2, -0.15) is 9.59 Å². The first kappa shape index (κ1) is 65.8. The Morgan fingerprint density at radius 1 is 0.557 bits per heavy atom. The number of amides is 2. The van der Waals surface area contributed by atoms with Crippen LogP contribution in [0.4, 0.5) is 9.59 Å². The predicted octanol–water partition coefficient (Wildman–Crippen LogP) is 10.3. The van der Waals surface area contributed by atoms with Crippen LogP contribution in [0.5, 0.6) is 23.0 Å². The summed E-state index contributed by atoms with van der Waals surface area (Å²) in [4.78, 5) is 90.1. The quantitative estimate of drug-likeness (QED) is 0.0502. The molecule has 2 fully saturated rings. The van der Waals surface area contributed by atoms with Crippen LogP contribution in [0, 0.1) is 13.8 Å². The normalized spacial score (nSPS) is 15.4. The van der Waals surface area contributed by atoms with E-state index in [-0.39, 0.29) is 47.5 Å². The Morgan fingerprint density at radius 3 is 1.44 bits per heavy atom. The van der Waals surface area contributed by atoms with E-state index >= 15 is 0 Å². The van der Waals surface area contributed by atoms with Crippen molar-refractivity contribution in [3.05, 3.63) is 140 Å². The predicted molar refractivity (Wildman–Crippen MR) is 333 cm³/mol. The maximum Gasteiger partial charge on any atom is 0.410 e. The van der Waals surface area contributed by atoms with E-state index in [1.54, 1.807) is 28.8 Å². The Morgan fingerprint density at radius 2 is 0.989 bits per heavy atom. The number of benzene rings is 4. The molecule has 4 aromatic carbocycles. The second-order valence-electron chi connectivity index (χ2n) is 24.8. The van der Waals surface area contributed by atoms with Crippen LogP contribution < -0.4 is 30.1 Å². The number of unbranched alkanes of at least 4 members (excludes halogenated alkanes) is 1. The standard InChI is InChI=1S/C36H47N3O7.C31H39N3O5.CO2/c1-6-7-18-45-34(41)27-9-10-29-25(2)21-33(40)38(30(29)23-27)17-16-37-14-12-28(13-15-37)39(35(42)46-36(3,4)5)24-26-8-11-31-32(22-26)44-20-19-43-31;1-22-19-29(35)33(26-8-6-5-7-25(22)26)16-15-32-13-11-24(12-14-32)34(30(36)39-31(2,3)4)21-23-9-10-27-28(20-23)38-18-17-37-27;2-1-3/h8-11,21-23,28H,6-7,12-20,24H2,1-5H3;5-10,19-20,24H,11-18,21H2,1-4H3;. The van der Waals surface area contributed by atoms with Crippen molar-refractivity contribution in [1.29, 1.82) is 0 Å². The van der Waals surface area contributed by atoms with Gasteiger partial charge in [0, 0.05) is 100 Å². The summed E-state index contributed by atoms with van der Waals surface area (Å²) in [6, 6.07) is 28.7. The van der Waals surface area contributed by atoms with Gasteiger partial charge in [0.05, 0.1) is 23.2 Å². The van der Waals surface area contributed by atoms with Crippen molar-refractivity contribution in [3.63, 3.8) is 0 Å². The summed E-state index contributed by atoms with van der Waals surface area (Å²) in [5, 5.41) is 2.05. The molecule has 0 aliphatic carbocycles. The van der Waals surface area contributed by atoms with E-state index in [1.807, 2.05) is 137 Å². The van der Waals surface area contributed by atoms with Crippen molar-refractivity contribution in [2.24, 2.45) is 0 Å². The summed E-state index contributed by atoms with van der Waals surface area (Å²) in [5.74, 6) is 2.50. The summed E-state index contributed by atoms with van der Waals surface area (Å²) in [7, 11) is 0. The molecular weight excluding hydrogens is 1120 g/mol. The number of piperidine rings is 2. The van der Waals surface area contributed by atoms with Crippen molar-refractivity contribution in [1.82, 2.24) is 28.7 Å². The number of para-hydroxylation sites is 1. The van der Waals surface area contributed by atoms with Crippen LogP contribution in [0.2, 0.25) is 0 Å². The molecule has 10 rings (SSSR count). The van der Waals surface area contributed by atoms with Crippen LogP contribution in [-0.2, 0) is 50.0 Å². The minimum atomic E-state index is -0.612. The molecule has 0 saturated carbocycles. The van der Waals surface area contributed by atoms with Crippen LogP contribution in [0.1, 0.15) is 120 Å². The zero-order valence-corrected chi connectivity index (χ0v) is 52.6. The highest BCUT2D eigenvalue weighted by atomic mass is 16.6. The lowest BCUT2D eigenvalue weighted by Gasteiger charge is -2.39. The number of fused-ring (bicyclic) bond motifs is 4. The van der Waals surface area contributed by atoms with Gasteiger partial charge >= 0.3 is 24.3 Å². The van der Waals surface area contributed by atoms with Crippen LogP contribution >= 0.6 is 0 Å². The maximum atomic E-state index is 13.4. The number of nitrogens with zero attached hydrogens (tertiary/aromatic N) is 6. The van der Waals surface area contributed by atoms with Gasteiger partial charge in [-0.1, -0.05) is 49.7 Å². The molecule has 4 aliphatic rings. The van der Waals surface area contributed by atoms with Gasteiger partial charge in [0.1, 0.15) is 37.6 Å². The number of carbonyl (C=O) groups excluding carboxylic acids is 5. The van der Waals surface area contributed by atoms with Gasteiger partial charge in [-0.3, -0.25) is 9.59 Å². The van der Waals surface area contributed by atoms with Gasteiger partial charge in [0.15, 0.2) is 23.0 Å². The molecule has 0 bridgehead atoms. The summed E-state index contributed by atoms with van der Waals surface area (Å²) < 4.78 is 43.6. The largest absolute Gasteiger partial charge is 0.486 e. The fourth-order valence-electron chi connectivity index (χ4n) is 11.5. The molecule has 2 aromatic heterocycles. The van der Waals surface area contributed by atoms with Gasteiger partial charge in [-0.05, 0) is 152 Å². The molecule has 0 spiro atoms. The molecule has 88 heavy (non-hydrogen) atoms. The molecule has 20 heteroatoms. The zero-order valence-electron chi connectivity index (χ0n) is 52.6. The van der Waals surface area contributed by atoms with Crippen molar-refractivity contribution < 1.29 is 57.1 Å². The average Bonchev–Trinajstić information content (AvgIpc) is 1.76. The second-order valence-corrected chi connectivity index (χ2v) is 24.8. The van der Waals surface area contributed by atoms with E-state index in [2.05, 4.69) is 15.9 Å². The Labute approximate surface area is 515 Å². The zero-order chi connectivity index (χ0) is 63.1. The second kappa shape index (κ2) is 30.1. The molecule has 2 saturated heterocycles. The van der Waals surface area contributed by atoms with E-state index in [1.165, 1.54) is 0 Å². The Balaban J connectivity index is 0.000000221. The number of rotatable bonds is 16. The fraction of sp³-hybridized carbons (Fsp3) is 0.500. The van der Waals surface area contributed by atoms with E-state index in [0.717, 1.165) is 133 Å². The lowest BCUT2D eigenvalue weighted by Crippen LogP contribution is -2.49. The molecule has 4 aliphatic heterocycles. The molecular formula is C68H86N6O14. The van der Waals surface area contributed by atoms with Crippen molar-refractivity contribution in [2.45, 2.75) is 150 Å². The van der Waals surface area contributed by atoms with Crippen molar-refractivity contribution in [3.8, 4) is 23.0 Å². The van der Waals surface area contributed by atoms with Crippen molar-refractivity contribution in [2.75, 3.05) is 72.3 Å². The summed E-state index contributed by atoms with van der Waals surface area (Å²) in [5.41, 5.74) is 4.75. The van der Waals surface area contributed by atoms with Crippen LogP contribution in [0.3, 0.4) is 0 Å². The van der Waals surface area contributed by atoms with Gasteiger partial charge in [-0.15, -0.1) is 0 Å². The smallest absolute Gasteiger partial charge is 0.410 e. The molecule has 0 atom stereocenters. The van der Waals surface area contributed by atoms with Gasteiger partial charge in [0.25, 0.3) is 11.1 Å². The number of carbonyl (C=O) groups is 3. The third-order valence-corrected chi connectivity index (χ3v) is 16.0. The average molecular weight is 1210 g/mol. The van der Waals surface area contributed by atoms with Crippen LogP contribution in [0.15, 0.2) is 101 Å². The molecule has 0 radical (unpaired) electrons.